The van der Waals surface area contributed by atoms with Crippen LogP contribution in [0, 0.1) is 427 Å². The normalized spacial score (nSPS) is 9.50. The van der Waals surface area contributed by atoms with Gasteiger partial charge in [0.25, 0.3) is 6.47 Å². The summed E-state index contributed by atoms with van der Waals surface area (Å²) in [6, 6.07) is 25.4. The first-order valence-corrected chi connectivity index (χ1v) is 37.0. The van der Waals surface area contributed by atoms with Gasteiger partial charge < -0.3 is 14.2 Å². The van der Waals surface area contributed by atoms with Crippen molar-refractivity contribution in [1.82, 2.24) is 0 Å². The molecule has 0 spiro atoms. The van der Waals surface area contributed by atoms with Gasteiger partial charge in [0.05, 0.1) is 22.1 Å². The van der Waals surface area contributed by atoms with Crippen LogP contribution in [0.1, 0.15) is 58.6 Å². The summed E-state index contributed by atoms with van der Waals surface area (Å²) in [5.41, 5.74) is 6.45. The molecular weight excluding hydrogens is 1520 g/mol. The molecule has 0 radical (unpaired) electrons. The number of rotatable bonds is 13. The molecule has 0 unspecified atom stereocenters. The Morgan fingerprint density at radius 2 is 0.675 bits per heavy atom. The molecule has 0 amide bonds. The van der Waals surface area contributed by atoms with Crippen LogP contribution in [-0.2, 0) is 30.5 Å². The minimum atomic E-state index is -4.24. The monoisotopic (exact) mass is 1570 g/mol. The number of terminal acetylenes is 1. The summed E-state index contributed by atoms with van der Waals surface area (Å²) in [4.78, 5) is 13.2. The smallest absolute Gasteiger partial charge is 0.293 e. The lowest BCUT2D eigenvalue weighted by molar-refractivity contribution is -0.438. The van der Waals surface area contributed by atoms with Crippen LogP contribution in [0.3, 0.4) is 0 Å². The van der Waals surface area contributed by atoms with Crippen LogP contribution in [0.15, 0.2) is 121 Å². The average molecular weight is 1570 g/mol. The second-order valence-electron chi connectivity index (χ2n) is 22.9. The third-order valence-corrected chi connectivity index (χ3v) is 15.2. The third kappa shape index (κ3) is 38.9. The van der Waals surface area contributed by atoms with Gasteiger partial charge in [-0.15, -0.1) is 6.42 Å². The topological polar surface area (TPSA) is 89.8 Å². The lowest BCUT2D eigenvalue weighted by Gasteiger charge is -2.26. The fourth-order valence-electron chi connectivity index (χ4n) is 9.97. The maximum absolute atomic E-state index is 11.2. The van der Waals surface area contributed by atoms with Gasteiger partial charge >= 0.3 is 0 Å². The molecule has 6 rings (SSSR count). The molecule has 2 aliphatic rings. The highest BCUT2D eigenvalue weighted by atomic mass is 32.2. The van der Waals surface area contributed by atoms with E-state index in [1.54, 1.807) is 6.92 Å². The van der Waals surface area contributed by atoms with E-state index in [1.807, 2.05) is 36.4 Å². The van der Waals surface area contributed by atoms with E-state index in [0.717, 1.165) is 22.8 Å². The van der Waals surface area contributed by atoms with E-state index in [9.17, 15) is 17.8 Å². The van der Waals surface area contributed by atoms with Crippen LogP contribution in [0.4, 0.5) is 11.4 Å². The van der Waals surface area contributed by atoms with Crippen molar-refractivity contribution >= 4 is 55.2 Å². The van der Waals surface area contributed by atoms with Gasteiger partial charge in [0, 0.05) is 366 Å². The van der Waals surface area contributed by atoms with E-state index in [4.69, 9.17) is 11.2 Å². The van der Waals surface area contributed by atoms with E-state index >= 15 is 0 Å². The molecule has 0 bridgehead atoms. The molecular formula is C115H48N2O5S. The minimum absolute atomic E-state index is 0.267. The molecule has 123 heavy (non-hydrogen) atoms. The van der Waals surface area contributed by atoms with E-state index in [1.165, 1.54) is 32.7 Å². The van der Waals surface area contributed by atoms with Gasteiger partial charge in [0.1, 0.15) is 13.2 Å². The van der Waals surface area contributed by atoms with Gasteiger partial charge in [-0.3, -0.25) is 4.79 Å². The molecule has 0 aromatic heterocycles. The van der Waals surface area contributed by atoms with E-state index < -0.39 is 10.1 Å². The maximum Gasteiger partial charge on any atom is 0.293 e. The Kier molecular flexibility index (Phi) is 44.7. The number of allylic oxidation sites excluding steroid dienone is 8. The highest BCUT2D eigenvalue weighted by molar-refractivity contribution is 7.85. The lowest BCUT2D eigenvalue weighted by atomic mass is 9.79. The summed E-state index contributed by atoms with van der Waals surface area (Å²) >= 11 is 0. The Bertz CT molecular complexity index is 7930. The highest BCUT2D eigenvalue weighted by Gasteiger charge is 2.45. The number of fused-ring (bicyclic) bond motifs is 6. The number of anilines is 1. The molecule has 2 aliphatic heterocycles. The van der Waals surface area contributed by atoms with E-state index in [2.05, 4.69) is 536 Å². The molecule has 4 aromatic rings. The van der Waals surface area contributed by atoms with Crippen molar-refractivity contribution in [3.05, 3.63) is 132 Å². The number of ether oxygens (including phenoxy) is 1. The first-order valence-electron chi connectivity index (χ1n) is 35.4. The number of carbonyl (C=O) groups is 1. The number of benzene rings is 4. The maximum atomic E-state index is 11.2. The van der Waals surface area contributed by atoms with Gasteiger partial charge in [0.2, 0.25) is 5.69 Å². The van der Waals surface area contributed by atoms with Crippen LogP contribution >= 0.6 is 0 Å². The molecule has 0 saturated carbocycles. The Morgan fingerprint density at radius 1 is 0.374 bits per heavy atom. The largest absolute Gasteiger partial charge is 0.748 e. The van der Waals surface area contributed by atoms with Crippen molar-refractivity contribution in [3.8, 4) is 427 Å². The number of hydrogen-bond acceptors (Lipinski definition) is 6. The Balaban J connectivity index is 0.000000464. The van der Waals surface area contributed by atoms with E-state index in [0.29, 0.717) is 39.0 Å². The zero-order valence-corrected chi connectivity index (χ0v) is 67.0. The van der Waals surface area contributed by atoms with Crippen molar-refractivity contribution in [2.45, 2.75) is 58.3 Å². The van der Waals surface area contributed by atoms with Crippen molar-refractivity contribution in [2.24, 2.45) is 0 Å². The van der Waals surface area contributed by atoms with Gasteiger partial charge in [-0.05, 0) is 167 Å². The molecule has 0 saturated heterocycles. The molecule has 0 fully saturated rings. The molecule has 7 nitrogen and oxygen atoms in total. The number of hydrogen-bond donors (Lipinski definition) is 0. The summed E-state index contributed by atoms with van der Waals surface area (Å²) < 4.78 is 41.1. The van der Waals surface area contributed by atoms with Crippen molar-refractivity contribution < 1.29 is 27.1 Å². The predicted octanol–water partition coefficient (Wildman–Crippen LogP) is 8.98. The molecule has 4 aromatic carbocycles. The summed E-state index contributed by atoms with van der Waals surface area (Å²) in [7, 11) is -4.24. The fourth-order valence-corrected chi connectivity index (χ4v) is 10.5. The second-order valence-corrected chi connectivity index (χ2v) is 24.5. The predicted molar refractivity (Wildman–Crippen MR) is 489 cm³/mol. The first-order chi connectivity index (χ1) is 60.4. The summed E-state index contributed by atoms with van der Waals surface area (Å²) in [6.45, 7) is 12.6. The molecule has 8 heteroatoms. The zero-order valence-electron chi connectivity index (χ0n) is 66.2. The van der Waals surface area contributed by atoms with Gasteiger partial charge in [-0.25, -0.2) is 8.42 Å². The first kappa shape index (κ1) is 93.0. The standard InChI is InChI=1S/C73H4.C42H44N2O5S/c1-3-5-7-9-11-13-15-17-19-21-23-25-27-29-31-33-35-37-39-41-43-45-47-49-51-53-55-57-59-61-63-65-67-69-71-73-72-70-68-66-64-62-60-58-56-54-52-50-48-46-44-42-40-38-36-34-32-30-28-26-24-22-20-18-16-14-12-10-8-6-4-2;1-41(2)37(43(26-14-15-29-50(46,47)48)35-24-22-31-16-10-12-18-33(31)39(35)41)20-8-6-5-7-9-21-38-42(3,4)40-34-19-13-11-17-32(34)23-25-36(40)44(38)27-28-49-30-45/h1H,2H3;5-13,16-25,30H,14-15,26-29H2,1-4H3. The van der Waals surface area contributed by atoms with E-state index in [-0.39, 0.29) is 16.6 Å². The lowest BCUT2D eigenvalue weighted by Crippen LogP contribution is -2.29. The second kappa shape index (κ2) is 59.2. The summed E-state index contributed by atoms with van der Waals surface area (Å²) in [5.74, 6) is 177. The third-order valence-electron chi connectivity index (χ3n) is 14.4. The van der Waals surface area contributed by atoms with Crippen LogP contribution < -0.4 is 4.90 Å². The van der Waals surface area contributed by atoms with Crippen molar-refractivity contribution in [2.75, 3.05) is 30.3 Å². The quantitative estimate of drug-likeness (QED) is 0.0332. The Labute approximate surface area is 724 Å². The fraction of sp³-hybridized carbons (Fsp3) is 0.113. The SMILES string of the molecule is C#CC#CC#CC#CC#CC#CC#CC#CC#CC#CC#CC#CC#CC#CC#CC#CC#CC#CC#CC#CC#CC#CC#CC#CC#CC#CC#CC#CC#CC#CC#CC#CC#CC#CC#CC#CC.CC1(C)C(/C=C/C=C/C=C/C=C2/N(CCOC=O)c3ccc4ccccc4c3C2(C)C)=[N+](CCCCS(=O)(=O)[O-])c2ccc3ccccc3c21. The average Bonchev–Trinajstić information content (AvgIpc) is 1.58. The van der Waals surface area contributed by atoms with Crippen LogP contribution in [0.2, 0.25) is 0 Å². The van der Waals surface area contributed by atoms with Gasteiger partial charge in [-0.2, -0.15) is 4.58 Å². The zero-order chi connectivity index (χ0) is 87.7. The van der Waals surface area contributed by atoms with Crippen LogP contribution in [0.5, 0.6) is 0 Å². The minimum Gasteiger partial charge on any atom is -0.748 e. The van der Waals surface area contributed by atoms with Crippen LogP contribution in [0.25, 0.3) is 21.5 Å². The van der Waals surface area contributed by atoms with Gasteiger partial charge in [0.15, 0.2) is 5.71 Å². The van der Waals surface area contributed by atoms with Gasteiger partial charge in [-0.1, -0.05) is 105 Å². The summed E-state index contributed by atoms with van der Waals surface area (Å²) in [5, 5.41) is 4.80. The number of nitrogens with zero attached hydrogens (tertiary/aromatic N) is 2. The number of unbranched alkanes of at least 4 members (excludes halogenated alkanes) is 1. The highest BCUT2D eigenvalue weighted by Crippen LogP contribution is 2.51. The van der Waals surface area contributed by atoms with Crippen molar-refractivity contribution in [1.29, 1.82) is 0 Å². The molecule has 0 atom stereocenters. The number of carbonyl (C=O) groups excluding carboxylic acids is 1. The van der Waals surface area contributed by atoms with Crippen molar-refractivity contribution in [3.63, 3.8) is 0 Å². The molecule has 2 heterocycles. The summed E-state index contributed by atoms with van der Waals surface area (Å²) in [6.07, 6.45) is 20.3. The Hall–Kier alpha value is -20.6. The molecule has 0 N–H and O–H groups in total. The Morgan fingerprint density at radius 3 is 1.00 bits per heavy atom. The molecule has 0 aliphatic carbocycles. The molecule has 554 valence electrons. The van der Waals surface area contributed by atoms with Crippen LogP contribution in [-0.4, -0.2) is 55.2 Å².